The van der Waals surface area contributed by atoms with E-state index in [1.807, 2.05) is 101 Å². The third-order valence-corrected chi connectivity index (χ3v) is 18.8. The fraction of sp³-hybridized carbons (Fsp3) is 0.233. The second-order valence-electron chi connectivity index (χ2n) is 25.8. The summed E-state index contributed by atoms with van der Waals surface area (Å²) in [4.78, 5) is 9.02. The average molecular weight is 1520 g/mol. The molecule has 0 amide bonds. The predicted octanol–water partition coefficient (Wildman–Crippen LogP) is 23.5. The van der Waals surface area contributed by atoms with E-state index >= 15 is 0 Å². The van der Waals surface area contributed by atoms with Gasteiger partial charge in [-0.1, -0.05) is 139 Å². The smallest absolute Gasteiger partial charge is 0.426 e. The van der Waals surface area contributed by atoms with Crippen LogP contribution >= 0.6 is 22.7 Å². The number of fused-ring (bicyclic) bond motifs is 3. The molecule has 0 aliphatic rings. The summed E-state index contributed by atoms with van der Waals surface area (Å²) in [5, 5.41) is 32.1. The molecule has 0 fully saturated rings. The number of halogens is 6. The number of hydrogen-bond donors (Lipinski definition) is 1. The summed E-state index contributed by atoms with van der Waals surface area (Å²) < 4.78 is 83.3. The van der Waals surface area contributed by atoms with Crippen molar-refractivity contribution in [1.29, 1.82) is 0 Å². The summed E-state index contributed by atoms with van der Waals surface area (Å²) >= 11 is 3.71. The van der Waals surface area contributed by atoms with Crippen LogP contribution in [0, 0.1) is 125 Å². The van der Waals surface area contributed by atoms with Crippen molar-refractivity contribution in [3.05, 3.63) is 325 Å². The van der Waals surface area contributed by atoms with Crippen molar-refractivity contribution in [1.82, 2.24) is 68.8 Å². The third kappa shape index (κ3) is 23.7. The minimum Gasteiger partial charge on any atom is -0.426 e. The Labute approximate surface area is 641 Å². The summed E-state index contributed by atoms with van der Waals surface area (Å²) in [5.41, 5.74) is 19.1. The molecule has 7 aromatic carbocycles. The van der Waals surface area contributed by atoms with Crippen molar-refractivity contribution < 1.29 is 30.8 Å². The lowest BCUT2D eigenvalue weighted by atomic mass is 10.1. The number of benzene rings is 7. The van der Waals surface area contributed by atoms with Crippen LogP contribution in [0.4, 0.5) is 26.3 Å². The van der Waals surface area contributed by atoms with Crippen LogP contribution < -0.4 is 0 Å². The minimum absolute atomic E-state index is 0.0579. The highest BCUT2D eigenvalue weighted by molar-refractivity contribution is 7.15. The van der Waals surface area contributed by atoms with E-state index in [0.29, 0.717) is 17.5 Å². The second kappa shape index (κ2) is 38.3. The van der Waals surface area contributed by atoms with E-state index in [0.717, 1.165) is 28.7 Å². The van der Waals surface area contributed by atoms with Crippen LogP contribution in [0.25, 0.3) is 60.6 Å². The van der Waals surface area contributed by atoms with Crippen molar-refractivity contribution in [3.63, 3.8) is 0 Å². The van der Waals surface area contributed by atoms with Gasteiger partial charge in [0, 0.05) is 83.6 Å². The molecule has 0 unspecified atom stereocenters. The Morgan fingerprint density at radius 1 is 0.367 bits per heavy atom. The van der Waals surface area contributed by atoms with Crippen LogP contribution in [-0.2, 0) is 12.6 Å². The normalized spacial score (nSPS) is 10.8. The Morgan fingerprint density at radius 2 is 0.789 bits per heavy atom. The van der Waals surface area contributed by atoms with Crippen LogP contribution in [0.5, 0.6) is 0 Å². The lowest BCUT2D eigenvalue weighted by molar-refractivity contribution is -0.213. The van der Waals surface area contributed by atoms with Gasteiger partial charge in [-0.25, -0.2) is 9.25 Å². The van der Waals surface area contributed by atoms with Crippen molar-refractivity contribution in [2.45, 2.75) is 137 Å². The quantitative estimate of drug-likeness (QED) is 0.166. The van der Waals surface area contributed by atoms with Gasteiger partial charge in [-0.05, 0) is 230 Å². The fourth-order valence-corrected chi connectivity index (χ4v) is 13.3. The Hall–Kier alpha value is -11.6. The van der Waals surface area contributed by atoms with Crippen molar-refractivity contribution in [3.8, 4) is 38.8 Å². The van der Waals surface area contributed by atoms with Gasteiger partial charge in [-0.3, -0.25) is 4.57 Å². The highest BCUT2D eigenvalue weighted by Gasteiger charge is 2.35. The molecule has 566 valence electrons. The summed E-state index contributed by atoms with van der Waals surface area (Å²) in [7, 11) is 0. The summed E-state index contributed by atoms with van der Waals surface area (Å²) in [6.45, 7) is 34.1. The van der Waals surface area contributed by atoms with Crippen LogP contribution in [0.2, 0.25) is 0 Å². The Bertz CT molecular complexity index is 5280. The molecule has 23 heteroatoms. The maximum Gasteiger partial charge on any atom is 0.504 e. The SMILES string of the molecule is Cc1cc(-c2ccccc2)n(-c2ccccc2)c1C.Cc1cc(-c2ccccc2)sc1C.Cc1cc(C)n(-c2ccccc2)n1.Cc1cc(C)n(C(F)(F)F)n1.Cc1ccc(C)s1.Cc1ccc2[nH]c3ccc(C)cc3c2c1.Cc1nnc(C)n1-c1ccccc1.Cc1nnc(C)n1C(F)(F)F.Cc1nnc(C)o1. The monoisotopic (exact) mass is 1510 g/mol. The minimum atomic E-state index is -4.41. The number of para-hydroxylation sites is 3. The maximum absolute atomic E-state index is 12.0. The molecule has 9 heterocycles. The molecule has 0 spiro atoms. The van der Waals surface area contributed by atoms with Crippen LogP contribution in [-0.4, -0.2) is 68.8 Å². The summed E-state index contributed by atoms with van der Waals surface area (Å²) in [6.07, 6.45) is -8.80. The van der Waals surface area contributed by atoms with E-state index < -0.39 is 12.6 Å². The third-order valence-electron chi connectivity index (χ3n) is 16.7. The number of rotatable bonds is 5. The van der Waals surface area contributed by atoms with Crippen LogP contribution in [0.15, 0.2) is 229 Å². The highest BCUT2D eigenvalue weighted by atomic mass is 32.1. The highest BCUT2D eigenvalue weighted by Crippen LogP contribution is 2.33. The van der Waals surface area contributed by atoms with Crippen LogP contribution in [0.3, 0.4) is 0 Å². The van der Waals surface area contributed by atoms with E-state index in [-0.39, 0.29) is 26.6 Å². The van der Waals surface area contributed by atoms with Crippen molar-refractivity contribution >= 4 is 44.5 Å². The Morgan fingerprint density at radius 3 is 1.15 bits per heavy atom. The van der Waals surface area contributed by atoms with Gasteiger partial charge in [0.05, 0.1) is 22.8 Å². The molecule has 0 bridgehead atoms. The number of aromatic nitrogens is 14. The molecule has 109 heavy (non-hydrogen) atoms. The lowest BCUT2D eigenvalue weighted by Gasteiger charge is -2.12. The number of aryl methyl sites for hydroxylation is 17. The first-order valence-electron chi connectivity index (χ1n) is 35.1. The first-order valence-corrected chi connectivity index (χ1v) is 36.7. The number of thiophene rings is 2. The molecule has 0 saturated carbocycles. The largest absolute Gasteiger partial charge is 0.504 e. The molecule has 0 aliphatic carbocycles. The first kappa shape index (κ1) is 83.1. The summed E-state index contributed by atoms with van der Waals surface area (Å²) in [6, 6.07) is 77.2. The number of nitrogens with zero attached hydrogens (tertiary/aromatic N) is 13. The van der Waals surface area contributed by atoms with E-state index in [1.165, 1.54) is 131 Å². The molecule has 0 saturated heterocycles. The molecular weight excluding hydrogens is 1420 g/mol. The molecule has 9 aromatic heterocycles. The standard InChI is InChI=1S/C18H17N.C14H13N.C12H12S.C11H12N2.C10H11N3.C6H7F3N2.C6H8S.C5H6F3N3.C4H6N2O/c1-14-13-18(16-9-5-3-6-10-16)19(15(14)2)17-11-7-4-8-12-17;1-9-3-5-13-11(7-9)12-8-10(2)4-6-14(12)15-13;1-9-8-12(13-10(9)2)11-6-4-3-5-7-11;1-9-8-10(2)13(12-9)11-6-4-3-5-7-11;1-8-11-12-9(2)13(8)10-6-4-3-5-7-10;1-4-3-5(2)11(10-4)6(7,8)9;1-5-3-4-6(2)7-5;1-3-9-10-4(2)11(3)5(6,7)8;1-3-5-6-4(2)7-3/h3-13H,1-2H3;3-8,15H,1-2H3;2*3-8H,1-2H3;3-7H,1-2H3;3H,1-2H3;3-4H,1-2H3;1-2H3;1-2H3. The fourth-order valence-electron chi connectivity index (χ4n) is 11.5. The number of hydrogen-bond acceptors (Lipinski definition) is 11. The average Bonchev–Trinajstić information content (AvgIpc) is 1.62. The number of nitrogens with one attached hydrogen (secondary N) is 1. The molecule has 15 nitrogen and oxygen atoms in total. The molecule has 0 atom stereocenters. The zero-order valence-corrected chi connectivity index (χ0v) is 66.3. The molecule has 16 rings (SSSR count). The Balaban J connectivity index is 0.000000156. The van der Waals surface area contributed by atoms with E-state index in [4.69, 9.17) is 4.42 Å². The predicted molar refractivity (Wildman–Crippen MR) is 430 cm³/mol. The number of alkyl halides is 6. The van der Waals surface area contributed by atoms with Gasteiger partial charge < -0.3 is 14.0 Å². The molecule has 1 N–H and O–H groups in total. The zero-order valence-electron chi connectivity index (χ0n) is 64.7. The van der Waals surface area contributed by atoms with Gasteiger partial charge >= 0.3 is 12.6 Å². The second-order valence-corrected chi connectivity index (χ2v) is 28.6. The Kier molecular flexibility index (Phi) is 29.2. The number of aromatic amines is 1. The van der Waals surface area contributed by atoms with Crippen LogP contribution in [0.1, 0.15) is 100 Å². The first-order chi connectivity index (χ1) is 51.7. The van der Waals surface area contributed by atoms with Crippen molar-refractivity contribution in [2.24, 2.45) is 0 Å². The summed E-state index contributed by atoms with van der Waals surface area (Å²) in [5.74, 6) is 2.80. The van der Waals surface area contributed by atoms with Gasteiger partial charge in [-0.15, -0.1) is 79.6 Å². The van der Waals surface area contributed by atoms with Gasteiger partial charge in [0.25, 0.3) is 0 Å². The van der Waals surface area contributed by atoms with Gasteiger partial charge in [0.15, 0.2) is 0 Å². The lowest BCUT2D eigenvalue weighted by Crippen LogP contribution is -2.19. The molecule has 0 radical (unpaired) electrons. The van der Waals surface area contributed by atoms with Crippen molar-refractivity contribution in [2.75, 3.05) is 0 Å². The van der Waals surface area contributed by atoms with E-state index in [9.17, 15) is 26.3 Å². The van der Waals surface area contributed by atoms with Gasteiger partial charge in [-0.2, -0.15) is 14.9 Å². The maximum atomic E-state index is 12.0. The zero-order chi connectivity index (χ0) is 79.3. The number of H-pyrrole nitrogens is 1. The molecule has 16 aromatic rings. The molecule has 0 aliphatic heterocycles. The van der Waals surface area contributed by atoms with E-state index in [1.54, 1.807) is 13.8 Å². The molecular formula is C86H92F6N14OS2. The van der Waals surface area contributed by atoms with Gasteiger partial charge in [0.1, 0.15) is 23.3 Å². The van der Waals surface area contributed by atoms with E-state index in [2.05, 4.69) is 283 Å². The topological polar surface area (TPSA) is 157 Å². The van der Waals surface area contributed by atoms with Gasteiger partial charge in [0.2, 0.25) is 11.8 Å².